The summed E-state index contributed by atoms with van der Waals surface area (Å²) in [7, 11) is 0. The fourth-order valence-electron chi connectivity index (χ4n) is 1.58. The van der Waals surface area contributed by atoms with Gasteiger partial charge in [0, 0.05) is 18.0 Å². The molecule has 104 valence electrons. The molecular weight excluding hydrogens is 248 g/mol. The van der Waals surface area contributed by atoms with E-state index in [-0.39, 0.29) is 13.0 Å². The van der Waals surface area contributed by atoms with Crippen molar-refractivity contribution in [1.82, 2.24) is 0 Å². The molecule has 0 aliphatic heterocycles. The predicted octanol–water partition coefficient (Wildman–Crippen LogP) is 0.504. The summed E-state index contributed by atoms with van der Waals surface area (Å²) in [5.74, 6) is -0.502. The van der Waals surface area contributed by atoms with Crippen LogP contribution in [0.15, 0.2) is 24.3 Å². The van der Waals surface area contributed by atoms with Gasteiger partial charge in [0.1, 0.15) is 5.75 Å². The van der Waals surface area contributed by atoms with Crippen LogP contribution in [0.2, 0.25) is 0 Å². The lowest BCUT2D eigenvalue weighted by atomic mass is 10.0. The van der Waals surface area contributed by atoms with Crippen LogP contribution in [-0.4, -0.2) is 25.1 Å². The monoisotopic (exact) mass is 266 g/mol. The molecule has 1 aromatic carbocycles. The van der Waals surface area contributed by atoms with E-state index in [1.165, 1.54) is 0 Å². The number of rotatable bonds is 7. The normalized spacial score (nSPS) is 11.7. The average molecular weight is 266 g/mol. The quantitative estimate of drug-likeness (QED) is 0.699. The molecule has 19 heavy (non-hydrogen) atoms. The lowest BCUT2D eigenvalue weighted by molar-refractivity contribution is -0.145. The molecule has 0 aliphatic rings. The van der Waals surface area contributed by atoms with Gasteiger partial charge in [-0.25, -0.2) is 4.79 Å². The molecule has 0 aromatic heterocycles. The number of carbonyl (C=O) groups is 2. The number of para-hydroxylation sites is 1. The van der Waals surface area contributed by atoms with Crippen molar-refractivity contribution in [3.8, 4) is 5.75 Å². The minimum Gasteiger partial charge on any atom is -0.482 e. The first-order chi connectivity index (χ1) is 9.04. The average Bonchev–Trinajstić information content (AvgIpc) is 2.36. The van der Waals surface area contributed by atoms with Gasteiger partial charge in [-0.2, -0.15) is 0 Å². The number of hydrogen-bond donors (Lipinski definition) is 2. The first kappa shape index (κ1) is 15.0. The standard InChI is InChI=1S/C13H18N2O4/c1-2-18-13(17)8-19-11-6-4-3-5-9(11)10(14)7-12(15)16/h3-6,10H,2,7-8,14H2,1H3,(H2,15,16). The molecule has 1 amide bonds. The molecule has 0 saturated heterocycles. The second kappa shape index (κ2) is 7.38. The van der Waals surface area contributed by atoms with E-state index in [0.717, 1.165) is 0 Å². The van der Waals surface area contributed by atoms with E-state index in [9.17, 15) is 9.59 Å². The Morgan fingerprint density at radius 3 is 2.63 bits per heavy atom. The fourth-order valence-corrected chi connectivity index (χ4v) is 1.58. The molecular formula is C13H18N2O4. The molecule has 0 heterocycles. The van der Waals surface area contributed by atoms with Crippen molar-refractivity contribution >= 4 is 11.9 Å². The molecule has 6 nitrogen and oxygen atoms in total. The molecule has 0 bridgehead atoms. The third-order valence-electron chi connectivity index (χ3n) is 2.39. The Morgan fingerprint density at radius 1 is 1.32 bits per heavy atom. The number of nitrogens with two attached hydrogens (primary N) is 2. The van der Waals surface area contributed by atoms with Crippen molar-refractivity contribution in [2.45, 2.75) is 19.4 Å². The number of hydrogen-bond acceptors (Lipinski definition) is 5. The van der Waals surface area contributed by atoms with Gasteiger partial charge in [0.05, 0.1) is 6.61 Å². The van der Waals surface area contributed by atoms with Gasteiger partial charge in [0.25, 0.3) is 0 Å². The Balaban J connectivity index is 2.72. The maximum absolute atomic E-state index is 11.2. The highest BCUT2D eigenvalue weighted by Crippen LogP contribution is 2.25. The van der Waals surface area contributed by atoms with Crippen molar-refractivity contribution in [2.75, 3.05) is 13.2 Å². The molecule has 0 spiro atoms. The zero-order chi connectivity index (χ0) is 14.3. The number of amides is 1. The smallest absolute Gasteiger partial charge is 0.344 e. The second-order valence-electron chi connectivity index (χ2n) is 3.91. The molecule has 0 fully saturated rings. The Hall–Kier alpha value is -2.08. The van der Waals surface area contributed by atoms with Crippen molar-refractivity contribution in [3.63, 3.8) is 0 Å². The van der Waals surface area contributed by atoms with Crippen molar-refractivity contribution in [3.05, 3.63) is 29.8 Å². The highest BCUT2D eigenvalue weighted by atomic mass is 16.6. The number of benzene rings is 1. The van der Waals surface area contributed by atoms with E-state index in [4.69, 9.17) is 20.9 Å². The van der Waals surface area contributed by atoms with Crippen LogP contribution in [0, 0.1) is 0 Å². The van der Waals surface area contributed by atoms with Gasteiger partial charge in [0.2, 0.25) is 5.91 Å². The summed E-state index contributed by atoms with van der Waals surface area (Å²) in [4.78, 5) is 22.1. The van der Waals surface area contributed by atoms with Gasteiger partial charge in [0.15, 0.2) is 6.61 Å². The zero-order valence-corrected chi connectivity index (χ0v) is 10.8. The highest BCUT2D eigenvalue weighted by molar-refractivity contribution is 5.75. The molecule has 1 rings (SSSR count). The summed E-state index contributed by atoms with van der Waals surface area (Å²) in [5.41, 5.74) is 11.6. The lowest BCUT2D eigenvalue weighted by Gasteiger charge is -2.15. The zero-order valence-electron chi connectivity index (χ0n) is 10.8. The van der Waals surface area contributed by atoms with Crippen LogP contribution in [-0.2, 0) is 14.3 Å². The van der Waals surface area contributed by atoms with E-state index < -0.39 is 17.9 Å². The van der Waals surface area contributed by atoms with E-state index >= 15 is 0 Å². The lowest BCUT2D eigenvalue weighted by Crippen LogP contribution is -2.22. The van der Waals surface area contributed by atoms with Crippen LogP contribution in [0.4, 0.5) is 0 Å². The molecule has 6 heteroatoms. The maximum Gasteiger partial charge on any atom is 0.344 e. The number of esters is 1. The van der Waals surface area contributed by atoms with Crippen LogP contribution in [0.3, 0.4) is 0 Å². The summed E-state index contributed by atoms with van der Waals surface area (Å²) in [6.45, 7) is 1.81. The number of carbonyl (C=O) groups excluding carboxylic acids is 2. The fraction of sp³-hybridized carbons (Fsp3) is 0.385. The van der Waals surface area contributed by atoms with E-state index in [1.54, 1.807) is 31.2 Å². The summed E-state index contributed by atoms with van der Waals surface area (Å²) in [5, 5.41) is 0. The molecule has 4 N–H and O–H groups in total. The van der Waals surface area contributed by atoms with E-state index in [0.29, 0.717) is 17.9 Å². The van der Waals surface area contributed by atoms with E-state index in [1.807, 2.05) is 0 Å². The van der Waals surface area contributed by atoms with Gasteiger partial charge in [-0.3, -0.25) is 4.79 Å². The van der Waals surface area contributed by atoms with Crippen molar-refractivity contribution in [1.29, 1.82) is 0 Å². The highest BCUT2D eigenvalue weighted by Gasteiger charge is 2.15. The molecule has 1 atom stereocenters. The number of primary amides is 1. The van der Waals surface area contributed by atoms with Crippen LogP contribution in [0.1, 0.15) is 24.9 Å². The minimum atomic E-state index is -0.559. The Kier molecular flexibility index (Phi) is 5.81. The molecule has 1 aromatic rings. The SMILES string of the molecule is CCOC(=O)COc1ccccc1C(N)CC(N)=O. The molecule has 1 unspecified atom stereocenters. The van der Waals surface area contributed by atoms with Crippen LogP contribution in [0.25, 0.3) is 0 Å². The van der Waals surface area contributed by atoms with E-state index in [2.05, 4.69) is 0 Å². The Bertz CT molecular complexity index is 448. The van der Waals surface area contributed by atoms with Gasteiger partial charge in [-0.1, -0.05) is 18.2 Å². The molecule has 0 aliphatic carbocycles. The third kappa shape index (κ3) is 4.97. The van der Waals surface area contributed by atoms with Crippen LogP contribution < -0.4 is 16.2 Å². The maximum atomic E-state index is 11.2. The Morgan fingerprint density at radius 2 is 2.00 bits per heavy atom. The molecule has 0 radical (unpaired) electrons. The second-order valence-corrected chi connectivity index (χ2v) is 3.91. The minimum absolute atomic E-state index is 0.0137. The Labute approximate surface area is 111 Å². The van der Waals surface area contributed by atoms with Gasteiger partial charge in [-0.05, 0) is 13.0 Å². The first-order valence-corrected chi connectivity index (χ1v) is 5.95. The molecule has 0 saturated carbocycles. The predicted molar refractivity (Wildman–Crippen MR) is 69.3 cm³/mol. The summed E-state index contributed by atoms with van der Waals surface area (Å²) < 4.78 is 10.1. The summed E-state index contributed by atoms with van der Waals surface area (Å²) in [6, 6.07) is 6.37. The van der Waals surface area contributed by atoms with Gasteiger partial charge >= 0.3 is 5.97 Å². The first-order valence-electron chi connectivity index (χ1n) is 5.95. The topological polar surface area (TPSA) is 105 Å². The summed E-state index contributed by atoms with van der Waals surface area (Å²) >= 11 is 0. The number of ether oxygens (including phenoxy) is 2. The third-order valence-corrected chi connectivity index (χ3v) is 2.39. The van der Waals surface area contributed by atoms with Crippen molar-refractivity contribution < 1.29 is 19.1 Å². The summed E-state index contributed by atoms with van der Waals surface area (Å²) in [6.07, 6.45) is 0.0137. The van der Waals surface area contributed by atoms with Gasteiger partial charge in [-0.15, -0.1) is 0 Å². The van der Waals surface area contributed by atoms with Crippen LogP contribution in [0.5, 0.6) is 5.75 Å². The van der Waals surface area contributed by atoms with Gasteiger partial charge < -0.3 is 20.9 Å². The van der Waals surface area contributed by atoms with Crippen LogP contribution >= 0.6 is 0 Å². The van der Waals surface area contributed by atoms with Crippen molar-refractivity contribution in [2.24, 2.45) is 11.5 Å². The largest absolute Gasteiger partial charge is 0.482 e.